The van der Waals surface area contributed by atoms with E-state index in [1.165, 1.54) is 0 Å². The predicted molar refractivity (Wildman–Crippen MR) is 97.7 cm³/mol. The molecule has 0 aliphatic carbocycles. The highest BCUT2D eigenvalue weighted by Gasteiger charge is 2.24. The van der Waals surface area contributed by atoms with Crippen molar-refractivity contribution < 1.29 is 9.26 Å². The molecule has 27 heavy (non-hydrogen) atoms. The van der Waals surface area contributed by atoms with E-state index >= 15 is 0 Å². The first-order valence-corrected chi connectivity index (χ1v) is 8.82. The number of hydrogen-bond acceptors (Lipinski definition) is 6. The first kappa shape index (κ1) is 16.2. The summed E-state index contributed by atoms with van der Waals surface area (Å²) in [6.07, 6.45) is 3.32. The molecule has 1 aliphatic rings. The Labute approximate surface area is 159 Å². The SMILES string of the molecule is Clc1ccc([C@H]2Cn3nc(-c4nc(-c5cccnc5)no4)cc3CO2)cc1. The van der Waals surface area contributed by atoms with Crippen LogP contribution in [0, 0.1) is 0 Å². The molecule has 1 atom stereocenters. The molecule has 4 heterocycles. The van der Waals surface area contributed by atoms with Crippen LogP contribution in [0.4, 0.5) is 0 Å². The number of nitrogens with zero attached hydrogens (tertiary/aromatic N) is 5. The summed E-state index contributed by atoms with van der Waals surface area (Å²) < 4.78 is 13.3. The van der Waals surface area contributed by atoms with Crippen LogP contribution in [0.15, 0.2) is 59.4 Å². The van der Waals surface area contributed by atoms with Gasteiger partial charge in [-0.25, -0.2) is 0 Å². The Hall–Kier alpha value is -3.03. The standard InChI is InChI=1S/C19H14ClN5O2/c20-14-5-3-12(4-6-14)17-10-25-15(11-26-17)8-16(23-25)19-22-18(24-27-19)13-2-1-7-21-9-13/h1-9,17H,10-11H2/t17-/m1/s1. The Balaban J connectivity index is 1.40. The molecular formula is C19H14ClN5O2. The van der Waals surface area contributed by atoms with E-state index in [0.717, 1.165) is 16.8 Å². The van der Waals surface area contributed by atoms with Gasteiger partial charge in [0.15, 0.2) is 5.69 Å². The summed E-state index contributed by atoms with van der Waals surface area (Å²) in [5.74, 6) is 0.859. The van der Waals surface area contributed by atoms with Crippen molar-refractivity contribution in [3.63, 3.8) is 0 Å². The second kappa shape index (κ2) is 6.61. The van der Waals surface area contributed by atoms with Gasteiger partial charge in [0, 0.05) is 23.0 Å². The molecule has 5 rings (SSSR count). The Bertz CT molecular complexity index is 1080. The van der Waals surface area contributed by atoms with Crippen LogP contribution in [-0.2, 0) is 17.9 Å². The van der Waals surface area contributed by atoms with Gasteiger partial charge in [0.1, 0.15) is 6.10 Å². The van der Waals surface area contributed by atoms with Crippen LogP contribution in [0.1, 0.15) is 17.4 Å². The maximum Gasteiger partial charge on any atom is 0.278 e. The van der Waals surface area contributed by atoms with Gasteiger partial charge in [0.25, 0.3) is 5.89 Å². The summed E-state index contributed by atoms with van der Waals surface area (Å²) in [5, 5.41) is 9.35. The quantitative estimate of drug-likeness (QED) is 0.536. The summed E-state index contributed by atoms with van der Waals surface area (Å²) in [6.45, 7) is 1.07. The molecular weight excluding hydrogens is 366 g/mol. The molecule has 1 aliphatic heterocycles. The monoisotopic (exact) mass is 379 g/mol. The average Bonchev–Trinajstić information content (AvgIpc) is 3.36. The Kier molecular flexibility index (Phi) is 3.95. The zero-order chi connectivity index (χ0) is 18.2. The van der Waals surface area contributed by atoms with E-state index in [-0.39, 0.29) is 6.10 Å². The van der Waals surface area contributed by atoms with Gasteiger partial charge in [-0.1, -0.05) is 28.9 Å². The number of aromatic nitrogens is 5. The average molecular weight is 380 g/mol. The van der Waals surface area contributed by atoms with Crippen LogP contribution >= 0.6 is 11.6 Å². The molecule has 3 aromatic heterocycles. The van der Waals surface area contributed by atoms with Gasteiger partial charge in [-0.15, -0.1) is 0 Å². The van der Waals surface area contributed by atoms with Crippen molar-refractivity contribution in [2.75, 3.05) is 0 Å². The molecule has 0 spiro atoms. The molecule has 0 radical (unpaired) electrons. The largest absolute Gasteiger partial charge is 0.365 e. The third-order valence-corrected chi connectivity index (χ3v) is 4.69. The maximum atomic E-state index is 5.98. The van der Waals surface area contributed by atoms with Crippen molar-refractivity contribution in [3.05, 3.63) is 71.1 Å². The molecule has 0 saturated carbocycles. The molecule has 1 aromatic carbocycles. The Morgan fingerprint density at radius 2 is 2.04 bits per heavy atom. The molecule has 0 saturated heterocycles. The zero-order valence-corrected chi connectivity index (χ0v) is 14.9. The van der Waals surface area contributed by atoms with E-state index in [0.29, 0.717) is 35.6 Å². The summed E-state index contributed by atoms with van der Waals surface area (Å²) in [6, 6.07) is 13.3. The van der Waals surface area contributed by atoms with Gasteiger partial charge < -0.3 is 9.26 Å². The summed E-state index contributed by atoms with van der Waals surface area (Å²) >= 11 is 5.96. The number of halogens is 1. The lowest BCUT2D eigenvalue weighted by molar-refractivity contribution is -0.00112. The van der Waals surface area contributed by atoms with Crippen LogP contribution < -0.4 is 0 Å². The van der Waals surface area contributed by atoms with Gasteiger partial charge in [-0.3, -0.25) is 9.67 Å². The third-order valence-electron chi connectivity index (χ3n) is 4.44. The van der Waals surface area contributed by atoms with Crippen LogP contribution in [0.2, 0.25) is 5.02 Å². The second-order valence-corrected chi connectivity index (χ2v) is 6.66. The molecule has 134 valence electrons. The number of hydrogen-bond donors (Lipinski definition) is 0. The molecule has 0 amide bonds. The molecule has 0 fully saturated rings. The van der Waals surface area contributed by atoms with Crippen molar-refractivity contribution in [2.45, 2.75) is 19.3 Å². The lowest BCUT2D eigenvalue weighted by Crippen LogP contribution is -2.21. The highest BCUT2D eigenvalue weighted by Crippen LogP contribution is 2.29. The Morgan fingerprint density at radius 3 is 2.85 bits per heavy atom. The number of pyridine rings is 1. The Morgan fingerprint density at radius 1 is 1.15 bits per heavy atom. The van der Waals surface area contributed by atoms with E-state index in [1.807, 2.05) is 47.1 Å². The van der Waals surface area contributed by atoms with E-state index < -0.39 is 0 Å². The summed E-state index contributed by atoms with van der Waals surface area (Å²) in [4.78, 5) is 8.50. The van der Waals surface area contributed by atoms with Crippen molar-refractivity contribution in [3.8, 4) is 23.0 Å². The summed E-state index contributed by atoms with van der Waals surface area (Å²) in [7, 11) is 0. The van der Waals surface area contributed by atoms with Gasteiger partial charge >= 0.3 is 0 Å². The number of fused-ring (bicyclic) bond motifs is 1. The minimum atomic E-state index is -0.0730. The van der Waals surface area contributed by atoms with Crippen LogP contribution in [0.25, 0.3) is 23.0 Å². The van der Waals surface area contributed by atoms with Gasteiger partial charge in [0.05, 0.1) is 18.8 Å². The van der Waals surface area contributed by atoms with E-state index in [4.69, 9.17) is 20.9 Å². The number of rotatable bonds is 3. The first-order valence-electron chi connectivity index (χ1n) is 8.44. The number of benzene rings is 1. The normalized spacial score (nSPS) is 16.3. The fraction of sp³-hybridized carbons (Fsp3) is 0.158. The van der Waals surface area contributed by atoms with Crippen molar-refractivity contribution in [1.82, 2.24) is 24.9 Å². The zero-order valence-electron chi connectivity index (χ0n) is 14.1. The van der Waals surface area contributed by atoms with Crippen molar-refractivity contribution in [1.29, 1.82) is 0 Å². The van der Waals surface area contributed by atoms with Crippen LogP contribution in [0.5, 0.6) is 0 Å². The highest BCUT2D eigenvalue weighted by molar-refractivity contribution is 6.30. The minimum absolute atomic E-state index is 0.0730. The first-order chi connectivity index (χ1) is 13.3. The minimum Gasteiger partial charge on any atom is -0.365 e. The lowest BCUT2D eigenvalue weighted by atomic mass is 10.1. The molecule has 4 aromatic rings. The van der Waals surface area contributed by atoms with E-state index in [1.54, 1.807) is 12.4 Å². The van der Waals surface area contributed by atoms with Crippen LogP contribution in [-0.4, -0.2) is 24.9 Å². The fourth-order valence-corrected chi connectivity index (χ4v) is 3.17. The molecule has 0 unspecified atom stereocenters. The predicted octanol–water partition coefficient (Wildman–Crippen LogP) is 3.92. The number of ether oxygens (including phenoxy) is 1. The molecule has 8 heteroatoms. The van der Waals surface area contributed by atoms with Gasteiger partial charge in [-0.2, -0.15) is 10.1 Å². The molecule has 7 nitrogen and oxygen atoms in total. The molecule has 0 N–H and O–H groups in total. The summed E-state index contributed by atoms with van der Waals surface area (Å²) in [5.41, 5.74) is 3.46. The van der Waals surface area contributed by atoms with Crippen LogP contribution in [0.3, 0.4) is 0 Å². The van der Waals surface area contributed by atoms with Crippen molar-refractivity contribution >= 4 is 11.6 Å². The third kappa shape index (κ3) is 3.11. The topological polar surface area (TPSA) is 78.9 Å². The van der Waals surface area contributed by atoms with Gasteiger partial charge in [0.2, 0.25) is 5.82 Å². The van der Waals surface area contributed by atoms with E-state index in [2.05, 4.69) is 20.2 Å². The van der Waals surface area contributed by atoms with Crippen molar-refractivity contribution in [2.24, 2.45) is 0 Å². The second-order valence-electron chi connectivity index (χ2n) is 6.22. The van der Waals surface area contributed by atoms with Gasteiger partial charge in [-0.05, 0) is 35.9 Å². The smallest absolute Gasteiger partial charge is 0.278 e. The lowest BCUT2D eigenvalue weighted by Gasteiger charge is -2.24. The fourth-order valence-electron chi connectivity index (χ4n) is 3.05. The highest BCUT2D eigenvalue weighted by atomic mass is 35.5. The maximum absolute atomic E-state index is 5.98. The van der Waals surface area contributed by atoms with E-state index in [9.17, 15) is 0 Å². The molecule has 0 bridgehead atoms.